The third-order valence-electron chi connectivity index (χ3n) is 1.62. The van der Waals surface area contributed by atoms with Gasteiger partial charge in [0.1, 0.15) is 0 Å². The fraction of sp³-hybridized carbons (Fsp3) is 1.00. The molecule has 0 saturated heterocycles. The molecule has 2 unspecified atom stereocenters. The first-order valence-electron chi connectivity index (χ1n) is 3.79. The van der Waals surface area contributed by atoms with Crippen molar-refractivity contribution in [2.45, 2.75) is 32.5 Å². The van der Waals surface area contributed by atoms with Gasteiger partial charge in [-0.25, -0.2) is 0 Å². The van der Waals surface area contributed by atoms with E-state index in [0.717, 1.165) is 0 Å². The topological polar surface area (TPSA) is 93.1 Å². The van der Waals surface area contributed by atoms with Crippen LogP contribution >= 0.6 is 16.5 Å². The van der Waals surface area contributed by atoms with E-state index in [2.05, 4.69) is 9.05 Å². The summed E-state index contributed by atoms with van der Waals surface area (Å²) < 4.78 is 30.0. The van der Waals surface area contributed by atoms with E-state index in [0.29, 0.717) is 0 Å². The van der Waals surface area contributed by atoms with Crippen LogP contribution in [-0.4, -0.2) is 15.6 Å². The first-order valence-corrected chi connectivity index (χ1v) is 6.32. The van der Waals surface area contributed by atoms with Crippen LogP contribution in [0.1, 0.15) is 26.7 Å². The van der Waals surface area contributed by atoms with Gasteiger partial charge in [-0.1, -0.05) is 13.8 Å². The largest absolute Gasteiger partial charge is 0.326 e. The van der Waals surface area contributed by atoms with Crippen LogP contribution in [0.15, 0.2) is 0 Å². The third kappa shape index (κ3) is 4.91. The van der Waals surface area contributed by atoms with E-state index in [4.69, 9.17) is 9.79 Å². The molecule has 0 aromatic carbocycles. The van der Waals surface area contributed by atoms with Crippen LogP contribution in [0.4, 0.5) is 0 Å². The lowest BCUT2D eigenvalue weighted by molar-refractivity contribution is -0.119. The molecule has 0 aromatic rings. The van der Waals surface area contributed by atoms with Crippen LogP contribution < -0.4 is 0 Å². The van der Waals surface area contributed by atoms with Gasteiger partial charge in [-0.15, -0.1) is 0 Å². The molecule has 0 heterocycles. The second-order valence-corrected chi connectivity index (χ2v) is 3.83. The molecule has 0 bridgehead atoms. The van der Waals surface area contributed by atoms with Crippen molar-refractivity contribution in [2.75, 3.05) is 0 Å². The maximum absolute atomic E-state index is 10.4. The summed E-state index contributed by atoms with van der Waals surface area (Å²) in [6.45, 7) is 3.28. The zero-order chi connectivity index (χ0) is 10.5. The smallest absolute Gasteiger partial charge is 0.319 e. The Balaban J connectivity index is 4.48. The maximum atomic E-state index is 10.4. The highest BCUT2D eigenvalue weighted by Gasteiger charge is 2.31. The van der Waals surface area contributed by atoms with Crippen LogP contribution in [0.3, 0.4) is 0 Å². The minimum absolute atomic E-state index is 0.234. The molecule has 2 atom stereocenters. The van der Waals surface area contributed by atoms with Crippen molar-refractivity contribution in [3.8, 4) is 0 Å². The van der Waals surface area contributed by atoms with Crippen LogP contribution in [0.25, 0.3) is 0 Å². The fourth-order valence-electron chi connectivity index (χ4n) is 0.878. The van der Waals surface area contributed by atoms with Gasteiger partial charge in [-0.3, -0.25) is 18.2 Å². The lowest BCUT2D eigenvalue weighted by Crippen LogP contribution is -2.29. The average Bonchev–Trinajstić information content (AvgIpc) is 2.01. The summed E-state index contributed by atoms with van der Waals surface area (Å²) in [7, 11) is -6.34. The SMILES string of the molecule is CCC(CC)(O[PH](=O)O)O[PH](=O)O. The van der Waals surface area contributed by atoms with Crippen LogP contribution in [0.2, 0.25) is 0 Å². The summed E-state index contributed by atoms with van der Waals surface area (Å²) in [6, 6.07) is 0. The summed E-state index contributed by atoms with van der Waals surface area (Å²) in [5.41, 5.74) is 0. The van der Waals surface area contributed by atoms with Crippen molar-refractivity contribution >= 4 is 16.5 Å². The molecular formula is C5H14O6P2. The highest BCUT2D eigenvalue weighted by molar-refractivity contribution is 7.33. The van der Waals surface area contributed by atoms with Crippen LogP contribution in [-0.2, 0) is 18.2 Å². The second-order valence-electron chi connectivity index (χ2n) is 2.35. The molecule has 0 aromatic heterocycles. The molecule has 0 fully saturated rings. The Morgan fingerprint density at radius 3 is 1.54 bits per heavy atom. The summed E-state index contributed by atoms with van der Waals surface area (Å²) in [6.07, 6.45) is 0.467. The van der Waals surface area contributed by atoms with Gasteiger partial charge in [0.25, 0.3) is 0 Å². The highest BCUT2D eigenvalue weighted by Crippen LogP contribution is 2.38. The highest BCUT2D eigenvalue weighted by atomic mass is 31.1. The third-order valence-corrected chi connectivity index (χ3v) is 2.72. The number of rotatable bonds is 6. The second kappa shape index (κ2) is 5.91. The molecule has 0 aliphatic heterocycles. The lowest BCUT2D eigenvalue weighted by Gasteiger charge is -2.28. The van der Waals surface area contributed by atoms with Crippen molar-refractivity contribution < 1.29 is 28.0 Å². The van der Waals surface area contributed by atoms with Crippen LogP contribution in [0, 0.1) is 0 Å². The molecule has 0 rings (SSSR count). The molecule has 8 heteroatoms. The Bertz CT molecular complexity index is 183. The Hall–Kier alpha value is 0.300. The Morgan fingerprint density at radius 1 is 1.08 bits per heavy atom. The van der Waals surface area contributed by atoms with Gasteiger partial charge in [-0.05, 0) is 12.8 Å². The molecule has 0 aliphatic carbocycles. The molecule has 80 valence electrons. The van der Waals surface area contributed by atoms with E-state index >= 15 is 0 Å². The lowest BCUT2D eigenvalue weighted by atomic mass is 10.2. The van der Waals surface area contributed by atoms with Crippen molar-refractivity contribution in [2.24, 2.45) is 0 Å². The predicted octanol–water partition coefficient (Wildman–Crippen LogP) is 1.30. The van der Waals surface area contributed by atoms with E-state index in [1.807, 2.05) is 0 Å². The van der Waals surface area contributed by atoms with Gasteiger partial charge in [0.2, 0.25) is 0 Å². The minimum atomic E-state index is -3.17. The normalized spacial score (nSPS) is 16.9. The molecule has 0 saturated carbocycles. The van der Waals surface area contributed by atoms with Gasteiger partial charge in [0.05, 0.1) is 0 Å². The van der Waals surface area contributed by atoms with E-state index in [9.17, 15) is 9.13 Å². The monoisotopic (exact) mass is 232 g/mol. The average molecular weight is 232 g/mol. The minimum Gasteiger partial charge on any atom is -0.326 e. The van der Waals surface area contributed by atoms with Gasteiger partial charge in [-0.2, -0.15) is 0 Å². The molecule has 2 N–H and O–H groups in total. The number of hydrogen-bond donors (Lipinski definition) is 2. The standard InChI is InChI=1S/C5H14O6P2/c1-3-5(4-2,10-12(6)7)11-13(8)9/h12-13H,3-4H2,1-2H3,(H,6,7)(H,8,9). The summed E-state index contributed by atoms with van der Waals surface area (Å²) in [4.78, 5) is 17.1. The van der Waals surface area contributed by atoms with Crippen molar-refractivity contribution in [1.29, 1.82) is 0 Å². The molecule has 6 nitrogen and oxygen atoms in total. The Kier molecular flexibility index (Phi) is 6.05. The molecule has 0 radical (unpaired) electrons. The zero-order valence-electron chi connectivity index (χ0n) is 7.44. The van der Waals surface area contributed by atoms with E-state index in [1.165, 1.54) is 0 Å². The quantitative estimate of drug-likeness (QED) is 0.529. The van der Waals surface area contributed by atoms with Gasteiger partial charge < -0.3 is 9.79 Å². The van der Waals surface area contributed by atoms with Crippen LogP contribution in [0.5, 0.6) is 0 Å². The number of hydrogen-bond acceptors (Lipinski definition) is 4. The molecular weight excluding hydrogens is 218 g/mol. The fourth-order valence-corrected chi connectivity index (χ4v) is 2.26. The Morgan fingerprint density at radius 2 is 1.38 bits per heavy atom. The molecule has 0 aliphatic rings. The summed E-state index contributed by atoms with van der Waals surface area (Å²) in [5, 5.41) is 0. The summed E-state index contributed by atoms with van der Waals surface area (Å²) >= 11 is 0. The van der Waals surface area contributed by atoms with Crippen molar-refractivity contribution in [1.82, 2.24) is 0 Å². The van der Waals surface area contributed by atoms with Crippen molar-refractivity contribution in [3.05, 3.63) is 0 Å². The first-order chi connectivity index (χ1) is 5.95. The van der Waals surface area contributed by atoms with Gasteiger partial charge in [0.15, 0.2) is 5.79 Å². The van der Waals surface area contributed by atoms with Gasteiger partial charge >= 0.3 is 16.5 Å². The zero-order valence-corrected chi connectivity index (χ0v) is 9.44. The van der Waals surface area contributed by atoms with E-state index < -0.39 is 22.3 Å². The van der Waals surface area contributed by atoms with E-state index in [-0.39, 0.29) is 12.8 Å². The molecule has 13 heavy (non-hydrogen) atoms. The van der Waals surface area contributed by atoms with Gasteiger partial charge in [0, 0.05) is 0 Å². The molecule has 0 amide bonds. The van der Waals surface area contributed by atoms with E-state index in [1.54, 1.807) is 13.8 Å². The summed E-state index contributed by atoms with van der Waals surface area (Å²) in [5.74, 6) is -1.41. The first kappa shape index (κ1) is 13.3. The maximum Gasteiger partial charge on any atom is 0.319 e. The van der Waals surface area contributed by atoms with Crippen molar-refractivity contribution in [3.63, 3.8) is 0 Å². The molecule has 0 spiro atoms. The predicted molar refractivity (Wildman–Crippen MR) is 47.9 cm³/mol. The Labute approximate surface area is 77.8 Å².